The molecule has 0 aliphatic carbocycles. The summed E-state index contributed by atoms with van der Waals surface area (Å²) in [7, 11) is 0. The lowest BCUT2D eigenvalue weighted by Gasteiger charge is -2.16. The third-order valence-electron chi connectivity index (χ3n) is 6.00. The lowest BCUT2D eigenvalue weighted by Crippen LogP contribution is -2.10. The molecule has 1 aromatic heterocycles. The molecule has 4 aromatic carbocycles. The normalized spacial score (nSPS) is 10.7. The zero-order valence-corrected chi connectivity index (χ0v) is 20.9. The van der Waals surface area contributed by atoms with E-state index in [4.69, 9.17) is 14.2 Å². The van der Waals surface area contributed by atoms with E-state index < -0.39 is 11.9 Å². The number of hydrogen-bond acceptors (Lipinski definition) is 6. The van der Waals surface area contributed by atoms with Crippen LogP contribution in [0.5, 0.6) is 11.5 Å². The van der Waals surface area contributed by atoms with Crippen LogP contribution >= 0.6 is 0 Å². The Morgan fingerprint density at radius 2 is 1.13 bits per heavy atom. The highest BCUT2D eigenvalue weighted by Crippen LogP contribution is 2.35. The van der Waals surface area contributed by atoms with Crippen LogP contribution < -0.4 is 9.47 Å². The van der Waals surface area contributed by atoms with E-state index in [0.29, 0.717) is 16.9 Å². The van der Waals surface area contributed by atoms with Crippen LogP contribution in [0.2, 0.25) is 0 Å². The smallest absolute Gasteiger partial charge is 0.354 e. The van der Waals surface area contributed by atoms with Crippen molar-refractivity contribution in [2.45, 2.75) is 19.8 Å². The summed E-state index contributed by atoms with van der Waals surface area (Å²) < 4.78 is 17.8. The minimum Gasteiger partial charge on any atom is -0.485 e. The van der Waals surface area contributed by atoms with Crippen molar-refractivity contribution in [1.82, 2.24) is 4.98 Å². The van der Waals surface area contributed by atoms with E-state index in [1.165, 1.54) is 6.07 Å². The van der Waals surface area contributed by atoms with Crippen molar-refractivity contribution in [3.8, 4) is 11.5 Å². The van der Waals surface area contributed by atoms with Crippen LogP contribution in [0.3, 0.4) is 0 Å². The third kappa shape index (κ3) is 6.40. The number of nitrogens with zero attached hydrogens (tertiary/aromatic N) is 1. The number of benzene rings is 4. The Hall–Kier alpha value is -5.17. The van der Waals surface area contributed by atoms with E-state index in [9.17, 15) is 14.7 Å². The fourth-order valence-corrected chi connectivity index (χ4v) is 4.01. The number of carboxylic acid groups (broad SMARTS) is 1. The number of hydrogen-bond donors (Lipinski definition) is 1. The molecule has 5 rings (SSSR count). The number of pyridine rings is 1. The molecule has 0 aliphatic heterocycles. The van der Waals surface area contributed by atoms with Gasteiger partial charge in [-0.1, -0.05) is 91.0 Å². The first-order valence-corrected chi connectivity index (χ1v) is 12.3. The number of aromatic nitrogens is 1. The van der Waals surface area contributed by atoms with E-state index in [1.54, 1.807) is 12.1 Å². The standard InChI is InChI=1S/C32H25NO6/c34-31(35)28-16-26(32(36)39-21-24-14-8-3-9-15-24)25-17-29(37-19-22-10-4-1-5-11-22)30(18-27(25)33-28)38-20-23-12-6-2-7-13-23/h1-18H,19-21H2,(H,34,35). The van der Waals surface area contributed by atoms with Crippen molar-refractivity contribution in [2.75, 3.05) is 0 Å². The summed E-state index contributed by atoms with van der Waals surface area (Å²) >= 11 is 0. The van der Waals surface area contributed by atoms with Crippen molar-refractivity contribution in [1.29, 1.82) is 0 Å². The maximum absolute atomic E-state index is 13.2. The predicted octanol–water partition coefficient (Wildman–Crippen LogP) is 6.45. The molecule has 0 saturated heterocycles. The Morgan fingerprint density at radius 1 is 0.641 bits per heavy atom. The summed E-state index contributed by atoms with van der Waals surface area (Å²) in [5.41, 5.74) is 2.79. The molecular weight excluding hydrogens is 494 g/mol. The summed E-state index contributed by atoms with van der Waals surface area (Å²) in [6, 6.07) is 33.0. The highest BCUT2D eigenvalue weighted by molar-refractivity contribution is 6.06. The quantitative estimate of drug-likeness (QED) is 0.212. The number of carbonyl (C=O) groups is 2. The number of ether oxygens (including phenoxy) is 3. The molecular formula is C32H25NO6. The van der Waals surface area contributed by atoms with Crippen molar-refractivity contribution >= 4 is 22.8 Å². The Morgan fingerprint density at radius 3 is 1.64 bits per heavy atom. The zero-order chi connectivity index (χ0) is 27.0. The molecule has 1 heterocycles. The maximum atomic E-state index is 13.2. The van der Waals surface area contributed by atoms with E-state index >= 15 is 0 Å². The van der Waals surface area contributed by atoms with Gasteiger partial charge in [0, 0.05) is 11.5 Å². The summed E-state index contributed by atoms with van der Waals surface area (Å²) in [5, 5.41) is 10.1. The van der Waals surface area contributed by atoms with Crippen LogP contribution in [-0.2, 0) is 24.6 Å². The lowest BCUT2D eigenvalue weighted by molar-refractivity contribution is 0.0475. The van der Waals surface area contributed by atoms with Crippen molar-refractivity contribution in [2.24, 2.45) is 0 Å². The molecule has 7 heteroatoms. The first-order chi connectivity index (χ1) is 19.1. The molecule has 39 heavy (non-hydrogen) atoms. The van der Waals surface area contributed by atoms with Gasteiger partial charge in [0.2, 0.25) is 0 Å². The zero-order valence-electron chi connectivity index (χ0n) is 20.9. The summed E-state index contributed by atoms with van der Waals surface area (Å²) in [6.45, 7) is 0.572. The third-order valence-corrected chi connectivity index (χ3v) is 6.00. The second-order valence-electron chi connectivity index (χ2n) is 8.79. The van der Waals surface area contributed by atoms with Gasteiger partial charge >= 0.3 is 11.9 Å². The Kier molecular flexibility index (Phi) is 7.79. The molecule has 0 spiro atoms. The Bertz CT molecular complexity index is 1590. The van der Waals surface area contributed by atoms with Crippen molar-refractivity contribution < 1.29 is 28.9 Å². The highest BCUT2D eigenvalue weighted by Gasteiger charge is 2.21. The number of rotatable bonds is 10. The average molecular weight is 520 g/mol. The fourth-order valence-electron chi connectivity index (χ4n) is 4.01. The lowest BCUT2D eigenvalue weighted by atomic mass is 10.1. The van der Waals surface area contributed by atoms with E-state index in [0.717, 1.165) is 16.7 Å². The van der Waals surface area contributed by atoms with Gasteiger partial charge in [0.15, 0.2) is 11.5 Å². The molecule has 0 bridgehead atoms. The van der Waals surface area contributed by atoms with Crippen LogP contribution in [-0.4, -0.2) is 22.0 Å². The predicted molar refractivity (Wildman–Crippen MR) is 146 cm³/mol. The van der Waals surface area contributed by atoms with E-state index in [2.05, 4.69) is 4.98 Å². The number of esters is 1. The van der Waals surface area contributed by atoms with Gasteiger partial charge in [0.05, 0.1) is 11.1 Å². The van der Waals surface area contributed by atoms with Gasteiger partial charge in [-0.25, -0.2) is 14.6 Å². The second kappa shape index (κ2) is 11.9. The molecule has 0 unspecified atom stereocenters. The molecule has 0 atom stereocenters. The topological polar surface area (TPSA) is 95.0 Å². The largest absolute Gasteiger partial charge is 0.485 e. The maximum Gasteiger partial charge on any atom is 0.354 e. The van der Waals surface area contributed by atoms with Crippen LogP contribution in [0.25, 0.3) is 10.9 Å². The molecule has 194 valence electrons. The summed E-state index contributed by atoms with van der Waals surface area (Å²) in [5.74, 6) is -1.16. The molecule has 5 aromatic rings. The van der Waals surface area contributed by atoms with Gasteiger partial charge in [-0.15, -0.1) is 0 Å². The van der Waals surface area contributed by atoms with Gasteiger partial charge in [-0.3, -0.25) is 0 Å². The van der Waals surface area contributed by atoms with Crippen molar-refractivity contribution in [3.63, 3.8) is 0 Å². The average Bonchev–Trinajstić information content (AvgIpc) is 2.98. The van der Waals surface area contributed by atoms with Crippen LogP contribution in [0.1, 0.15) is 37.5 Å². The van der Waals surface area contributed by atoms with Gasteiger partial charge in [-0.2, -0.15) is 0 Å². The molecule has 0 saturated carbocycles. The molecule has 0 radical (unpaired) electrons. The first-order valence-electron chi connectivity index (χ1n) is 12.3. The molecule has 0 amide bonds. The second-order valence-corrected chi connectivity index (χ2v) is 8.79. The molecule has 1 N–H and O–H groups in total. The van der Waals surface area contributed by atoms with Gasteiger partial charge in [0.25, 0.3) is 0 Å². The van der Waals surface area contributed by atoms with E-state index in [1.807, 2.05) is 91.0 Å². The van der Waals surface area contributed by atoms with Gasteiger partial charge in [0.1, 0.15) is 25.5 Å². The monoisotopic (exact) mass is 519 g/mol. The first kappa shape index (κ1) is 25.5. The van der Waals surface area contributed by atoms with Crippen LogP contribution in [0, 0.1) is 0 Å². The molecule has 0 fully saturated rings. The SMILES string of the molecule is O=C(O)c1cc(C(=O)OCc2ccccc2)c2cc(OCc3ccccc3)c(OCc3ccccc3)cc2n1. The summed E-state index contributed by atoms with van der Waals surface area (Å²) in [6.07, 6.45) is 0. The minimum atomic E-state index is -1.26. The Labute approximate surface area is 225 Å². The van der Waals surface area contributed by atoms with E-state index in [-0.39, 0.29) is 36.6 Å². The molecule has 0 aliphatic rings. The molecule has 7 nitrogen and oxygen atoms in total. The fraction of sp³-hybridized carbons (Fsp3) is 0.0938. The van der Waals surface area contributed by atoms with Gasteiger partial charge in [-0.05, 0) is 28.8 Å². The number of carboxylic acids is 1. The number of fused-ring (bicyclic) bond motifs is 1. The number of carbonyl (C=O) groups excluding carboxylic acids is 1. The van der Waals surface area contributed by atoms with Crippen LogP contribution in [0.4, 0.5) is 0 Å². The van der Waals surface area contributed by atoms with Crippen LogP contribution in [0.15, 0.2) is 109 Å². The Balaban J connectivity index is 1.53. The number of aromatic carboxylic acids is 1. The van der Waals surface area contributed by atoms with Crippen molar-refractivity contribution in [3.05, 3.63) is 137 Å². The highest BCUT2D eigenvalue weighted by atomic mass is 16.5. The minimum absolute atomic E-state index is 0.0432. The summed E-state index contributed by atoms with van der Waals surface area (Å²) in [4.78, 5) is 29.3. The van der Waals surface area contributed by atoms with Gasteiger partial charge < -0.3 is 19.3 Å².